The van der Waals surface area contributed by atoms with E-state index in [1.54, 1.807) is 27.7 Å². The molecule has 0 bridgehead atoms. The second-order valence-electron chi connectivity index (χ2n) is 6.28. The Balaban J connectivity index is -0.0000000754. The summed E-state index contributed by atoms with van der Waals surface area (Å²) in [6.45, 7) is 12.9. The molecule has 0 fully saturated rings. The molecule has 34 heavy (non-hydrogen) atoms. The molecule has 0 heterocycles. The standard InChI is InChI=1S/4C6H10O2.Co.Fe/c4*1-5(7)4-6(2)8-3;;/h4*4H,1-3H3;;/b4*6-4-;;. The SMILES string of the molecule is CO/C(C)=C\C(C)=O.CO/C(C)=C\C(C)=O.CO/C(C)=C\C(C)=O.CO/C(C)=C\C(C)=O.[Co].[Fe]. The van der Waals surface area contributed by atoms with Crippen LogP contribution in [0.5, 0.6) is 0 Å². The van der Waals surface area contributed by atoms with Gasteiger partial charge in [0.1, 0.15) is 0 Å². The van der Waals surface area contributed by atoms with Crippen molar-refractivity contribution in [3.63, 3.8) is 0 Å². The van der Waals surface area contributed by atoms with Crippen molar-refractivity contribution >= 4 is 23.1 Å². The van der Waals surface area contributed by atoms with Crippen molar-refractivity contribution in [2.45, 2.75) is 55.4 Å². The van der Waals surface area contributed by atoms with Crippen LogP contribution in [0.15, 0.2) is 47.3 Å². The van der Waals surface area contributed by atoms with Gasteiger partial charge in [-0.1, -0.05) is 0 Å². The van der Waals surface area contributed by atoms with E-state index in [1.807, 2.05) is 0 Å². The molecule has 0 aromatic rings. The summed E-state index contributed by atoms with van der Waals surface area (Å²) >= 11 is 0. The topological polar surface area (TPSA) is 105 Å². The second-order valence-corrected chi connectivity index (χ2v) is 6.28. The number of carbonyl (C=O) groups is 4. The normalized spacial score (nSPS) is 10.5. The molecule has 0 aliphatic heterocycles. The van der Waals surface area contributed by atoms with E-state index >= 15 is 0 Å². The van der Waals surface area contributed by atoms with Gasteiger partial charge in [0.25, 0.3) is 0 Å². The van der Waals surface area contributed by atoms with Crippen LogP contribution in [0, 0.1) is 0 Å². The smallest absolute Gasteiger partial charge is 0.155 e. The van der Waals surface area contributed by atoms with Crippen LogP contribution in [0.1, 0.15) is 55.4 Å². The summed E-state index contributed by atoms with van der Waals surface area (Å²) in [4.78, 5) is 41.0. The number of allylic oxidation sites excluding steroid dienone is 8. The molecule has 0 saturated heterocycles. The molecular formula is C24H40CoFeO8. The number of methoxy groups -OCH3 is 4. The van der Waals surface area contributed by atoms with Gasteiger partial charge in [0.15, 0.2) is 23.1 Å². The molecule has 0 atom stereocenters. The molecule has 0 aromatic heterocycles. The zero-order chi connectivity index (χ0) is 26.3. The van der Waals surface area contributed by atoms with Gasteiger partial charge in [0.05, 0.1) is 51.5 Å². The minimum absolute atomic E-state index is 0. The summed E-state index contributed by atoms with van der Waals surface area (Å²) in [6.07, 6.45) is 5.78. The van der Waals surface area contributed by atoms with Crippen molar-refractivity contribution in [2.24, 2.45) is 0 Å². The first-order valence-electron chi connectivity index (χ1n) is 9.58. The Morgan fingerprint density at radius 2 is 0.529 bits per heavy atom. The molecule has 1 radical (unpaired) electrons. The van der Waals surface area contributed by atoms with E-state index in [9.17, 15) is 19.2 Å². The van der Waals surface area contributed by atoms with Crippen LogP contribution in [-0.2, 0) is 72.0 Å². The molecular weight excluding hydrogens is 531 g/mol. The quantitative estimate of drug-likeness (QED) is 0.238. The predicted molar refractivity (Wildman–Crippen MR) is 126 cm³/mol. The third-order valence-electron chi connectivity index (χ3n) is 2.91. The Morgan fingerprint density at radius 1 is 0.412 bits per heavy atom. The first kappa shape index (κ1) is 45.4. The molecule has 0 spiro atoms. The largest absolute Gasteiger partial charge is 0.501 e. The van der Waals surface area contributed by atoms with Crippen LogP contribution < -0.4 is 0 Å². The number of hydrogen-bond acceptors (Lipinski definition) is 8. The van der Waals surface area contributed by atoms with Gasteiger partial charge in [0.2, 0.25) is 0 Å². The van der Waals surface area contributed by atoms with Gasteiger partial charge >= 0.3 is 0 Å². The van der Waals surface area contributed by atoms with Gasteiger partial charge in [-0.05, 0) is 55.4 Å². The van der Waals surface area contributed by atoms with Gasteiger partial charge < -0.3 is 18.9 Å². The molecule has 0 aliphatic carbocycles. The van der Waals surface area contributed by atoms with Crippen LogP contribution in [0.2, 0.25) is 0 Å². The summed E-state index contributed by atoms with van der Waals surface area (Å²) in [5, 5.41) is 0. The fraction of sp³-hybridized carbons (Fsp3) is 0.500. The van der Waals surface area contributed by atoms with E-state index in [0.29, 0.717) is 23.0 Å². The summed E-state index contributed by atoms with van der Waals surface area (Å²) in [7, 11) is 6.15. The van der Waals surface area contributed by atoms with E-state index in [1.165, 1.54) is 80.4 Å². The van der Waals surface area contributed by atoms with Gasteiger partial charge in [0, 0.05) is 58.2 Å². The predicted octanol–water partition coefficient (Wildman–Crippen LogP) is 4.50. The molecule has 0 saturated carbocycles. The van der Waals surface area contributed by atoms with Crippen molar-refractivity contribution < 1.29 is 72.0 Å². The maximum absolute atomic E-state index is 10.3. The van der Waals surface area contributed by atoms with E-state index in [0.717, 1.165) is 0 Å². The fourth-order valence-corrected chi connectivity index (χ4v) is 1.38. The first-order valence-corrected chi connectivity index (χ1v) is 9.58. The van der Waals surface area contributed by atoms with E-state index in [-0.39, 0.29) is 57.0 Å². The molecule has 0 aromatic carbocycles. The molecule has 0 rings (SSSR count). The summed E-state index contributed by atoms with van der Waals surface area (Å²) in [5.74, 6) is 2.67. The number of carbonyl (C=O) groups excluding carboxylic acids is 4. The van der Waals surface area contributed by atoms with Crippen molar-refractivity contribution in [2.75, 3.05) is 28.4 Å². The summed E-state index contributed by atoms with van der Waals surface area (Å²) in [6, 6.07) is 0. The molecule has 0 amide bonds. The Hall–Kier alpha value is -2.13. The Bertz CT molecular complexity index is 588. The maximum atomic E-state index is 10.3. The summed E-state index contributed by atoms with van der Waals surface area (Å²) in [5.41, 5.74) is 0. The van der Waals surface area contributed by atoms with E-state index in [2.05, 4.69) is 0 Å². The van der Waals surface area contributed by atoms with Crippen molar-refractivity contribution in [3.05, 3.63) is 47.3 Å². The molecule has 8 nitrogen and oxygen atoms in total. The van der Waals surface area contributed by atoms with Crippen molar-refractivity contribution in [3.8, 4) is 0 Å². The molecule has 201 valence electrons. The third-order valence-corrected chi connectivity index (χ3v) is 2.91. The second kappa shape index (κ2) is 30.9. The fourth-order valence-electron chi connectivity index (χ4n) is 1.38. The minimum atomic E-state index is 0. The van der Waals surface area contributed by atoms with Crippen LogP contribution in [0.3, 0.4) is 0 Å². The van der Waals surface area contributed by atoms with Crippen LogP contribution in [-0.4, -0.2) is 51.6 Å². The average molecular weight is 571 g/mol. The zero-order valence-corrected chi connectivity index (χ0v) is 24.4. The third kappa shape index (κ3) is 52.0. The van der Waals surface area contributed by atoms with E-state index in [4.69, 9.17) is 18.9 Å². The zero-order valence-electron chi connectivity index (χ0n) is 22.3. The number of hydrogen-bond donors (Lipinski definition) is 0. The molecule has 0 aliphatic rings. The summed E-state index contributed by atoms with van der Waals surface area (Å²) < 4.78 is 18.8. The number of ether oxygens (including phenoxy) is 4. The van der Waals surface area contributed by atoms with Crippen molar-refractivity contribution in [1.29, 1.82) is 0 Å². The van der Waals surface area contributed by atoms with Gasteiger partial charge in [-0.3, -0.25) is 19.2 Å². The Morgan fingerprint density at radius 3 is 0.559 bits per heavy atom. The van der Waals surface area contributed by atoms with Crippen LogP contribution in [0.25, 0.3) is 0 Å². The van der Waals surface area contributed by atoms with Crippen LogP contribution >= 0.6 is 0 Å². The van der Waals surface area contributed by atoms with E-state index < -0.39 is 0 Å². The van der Waals surface area contributed by atoms with Crippen molar-refractivity contribution in [1.82, 2.24) is 0 Å². The number of ketones is 4. The first-order chi connectivity index (χ1) is 14.7. The Labute approximate surface area is 225 Å². The molecule has 0 N–H and O–H groups in total. The average Bonchev–Trinajstić information content (AvgIpc) is 2.67. The molecule has 10 heteroatoms. The van der Waals surface area contributed by atoms with Crippen LogP contribution in [0.4, 0.5) is 0 Å². The van der Waals surface area contributed by atoms with Gasteiger partial charge in [-0.25, -0.2) is 0 Å². The Kier molecular flexibility index (Phi) is 41.2. The van der Waals surface area contributed by atoms with Gasteiger partial charge in [-0.15, -0.1) is 0 Å². The minimum Gasteiger partial charge on any atom is -0.501 e. The monoisotopic (exact) mass is 571 g/mol. The molecule has 0 unspecified atom stereocenters. The maximum Gasteiger partial charge on any atom is 0.155 e. The van der Waals surface area contributed by atoms with Gasteiger partial charge in [-0.2, -0.15) is 0 Å². The number of rotatable bonds is 8.